The molecule has 1 aromatic rings. The van der Waals surface area contributed by atoms with Crippen LogP contribution in [-0.2, 0) is 12.8 Å². The van der Waals surface area contributed by atoms with Crippen LogP contribution in [0.5, 0.6) is 0 Å². The molecule has 1 heterocycles. The molecule has 88 valence electrons. The Morgan fingerprint density at radius 3 is 2.75 bits per heavy atom. The van der Waals surface area contributed by atoms with Gasteiger partial charge in [-0.25, -0.2) is 4.98 Å². The third-order valence-electron chi connectivity index (χ3n) is 4.04. The molecule has 0 amide bonds. The molecule has 0 aromatic carbocycles. The van der Waals surface area contributed by atoms with E-state index in [1.54, 1.807) is 0 Å². The molecule has 0 aliphatic heterocycles. The van der Waals surface area contributed by atoms with Gasteiger partial charge in [-0.3, -0.25) is 0 Å². The summed E-state index contributed by atoms with van der Waals surface area (Å²) in [5.41, 5.74) is 8.02. The predicted molar refractivity (Wildman–Crippen MR) is 63.8 cm³/mol. The highest BCUT2D eigenvalue weighted by atomic mass is 15.2. The largest absolute Gasteiger partial charge is 0.366 e. The van der Waals surface area contributed by atoms with E-state index in [1.807, 2.05) is 0 Å². The molecule has 4 heteroatoms. The summed E-state index contributed by atoms with van der Waals surface area (Å²) in [5.74, 6) is 0.983. The van der Waals surface area contributed by atoms with Gasteiger partial charge in [-0.05, 0) is 30.6 Å². The van der Waals surface area contributed by atoms with Crippen molar-refractivity contribution in [1.29, 1.82) is 0 Å². The minimum Gasteiger partial charge on any atom is -0.366 e. The van der Waals surface area contributed by atoms with Crippen molar-refractivity contribution in [2.75, 3.05) is 5.73 Å². The molecule has 0 bridgehead atoms. The standard InChI is InChI=1S/C12H20N4/c1-4-12(2,3)8-5-6-9-10(7-8)15-16-11(13)14-9/h8H,4-7H2,1-3H3,(H2,13,14,16). The van der Waals surface area contributed by atoms with Crippen molar-refractivity contribution in [2.24, 2.45) is 11.3 Å². The zero-order valence-corrected chi connectivity index (χ0v) is 10.3. The molecule has 1 aliphatic carbocycles. The Labute approximate surface area is 96.7 Å². The maximum atomic E-state index is 5.54. The third-order valence-corrected chi connectivity index (χ3v) is 4.04. The lowest BCUT2D eigenvalue weighted by atomic mass is 9.70. The van der Waals surface area contributed by atoms with Gasteiger partial charge in [-0.1, -0.05) is 27.2 Å². The Morgan fingerprint density at radius 1 is 1.31 bits per heavy atom. The Hall–Kier alpha value is -1.19. The van der Waals surface area contributed by atoms with Crippen molar-refractivity contribution in [3.63, 3.8) is 0 Å². The molecule has 1 atom stereocenters. The van der Waals surface area contributed by atoms with E-state index >= 15 is 0 Å². The second kappa shape index (κ2) is 4.00. The van der Waals surface area contributed by atoms with E-state index in [4.69, 9.17) is 5.73 Å². The van der Waals surface area contributed by atoms with Crippen LogP contribution in [0.3, 0.4) is 0 Å². The molecule has 0 saturated heterocycles. The topological polar surface area (TPSA) is 64.7 Å². The molecule has 1 unspecified atom stereocenters. The van der Waals surface area contributed by atoms with Crippen LogP contribution in [0.1, 0.15) is 45.0 Å². The van der Waals surface area contributed by atoms with Crippen LogP contribution in [0.4, 0.5) is 5.95 Å². The van der Waals surface area contributed by atoms with Crippen molar-refractivity contribution in [3.8, 4) is 0 Å². The Kier molecular flexibility index (Phi) is 2.82. The molecule has 0 fully saturated rings. The van der Waals surface area contributed by atoms with Crippen molar-refractivity contribution in [2.45, 2.75) is 46.5 Å². The normalized spacial score (nSPS) is 20.6. The lowest BCUT2D eigenvalue weighted by Crippen LogP contribution is -2.30. The summed E-state index contributed by atoms with van der Waals surface area (Å²) in [6.07, 6.45) is 4.37. The molecule has 2 N–H and O–H groups in total. The molecule has 2 rings (SSSR count). The zero-order chi connectivity index (χ0) is 11.8. The second-order valence-electron chi connectivity index (χ2n) is 5.35. The van der Waals surface area contributed by atoms with Gasteiger partial charge in [-0.15, -0.1) is 10.2 Å². The summed E-state index contributed by atoms with van der Waals surface area (Å²) in [6.45, 7) is 6.92. The van der Waals surface area contributed by atoms with E-state index in [1.165, 1.54) is 12.8 Å². The molecule has 0 saturated carbocycles. The van der Waals surface area contributed by atoms with Gasteiger partial charge in [0.15, 0.2) is 0 Å². The number of nitrogens with zero attached hydrogens (tertiary/aromatic N) is 3. The average Bonchev–Trinajstić information content (AvgIpc) is 2.28. The van der Waals surface area contributed by atoms with Gasteiger partial charge in [-0.2, -0.15) is 0 Å². The van der Waals surface area contributed by atoms with Crippen molar-refractivity contribution in [3.05, 3.63) is 11.4 Å². The maximum Gasteiger partial charge on any atom is 0.240 e. The van der Waals surface area contributed by atoms with Crippen LogP contribution in [0.25, 0.3) is 0 Å². The van der Waals surface area contributed by atoms with Crippen LogP contribution in [0, 0.1) is 11.3 Å². The fraction of sp³-hybridized carbons (Fsp3) is 0.750. The number of anilines is 1. The Bertz CT molecular complexity index is 387. The van der Waals surface area contributed by atoms with E-state index < -0.39 is 0 Å². The summed E-state index contributed by atoms with van der Waals surface area (Å²) in [4.78, 5) is 4.26. The van der Waals surface area contributed by atoms with Crippen molar-refractivity contribution in [1.82, 2.24) is 15.2 Å². The maximum absolute atomic E-state index is 5.54. The first-order chi connectivity index (χ1) is 7.53. The summed E-state index contributed by atoms with van der Waals surface area (Å²) in [7, 11) is 0. The average molecular weight is 220 g/mol. The van der Waals surface area contributed by atoms with Crippen molar-refractivity contribution < 1.29 is 0 Å². The number of fused-ring (bicyclic) bond motifs is 1. The number of hydrogen-bond donors (Lipinski definition) is 1. The molecule has 0 radical (unpaired) electrons. The highest BCUT2D eigenvalue weighted by Gasteiger charge is 2.32. The highest BCUT2D eigenvalue weighted by molar-refractivity contribution is 5.22. The second-order valence-corrected chi connectivity index (χ2v) is 5.35. The first kappa shape index (κ1) is 11.3. The number of nitrogen functional groups attached to an aromatic ring is 1. The minimum atomic E-state index is 0.298. The van der Waals surface area contributed by atoms with Crippen LogP contribution < -0.4 is 5.73 Å². The molecule has 0 spiro atoms. The van der Waals surface area contributed by atoms with E-state index in [0.29, 0.717) is 17.3 Å². The van der Waals surface area contributed by atoms with Crippen LogP contribution in [0.15, 0.2) is 0 Å². The lowest BCUT2D eigenvalue weighted by Gasteiger charge is -2.36. The predicted octanol–water partition coefficient (Wildman–Crippen LogP) is 1.99. The number of hydrogen-bond acceptors (Lipinski definition) is 4. The summed E-state index contributed by atoms with van der Waals surface area (Å²) in [6, 6.07) is 0. The lowest BCUT2D eigenvalue weighted by molar-refractivity contribution is 0.179. The molecule has 16 heavy (non-hydrogen) atoms. The third kappa shape index (κ3) is 2.01. The van der Waals surface area contributed by atoms with Gasteiger partial charge in [0.2, 0.25) is 5.95 Å². The quantitative estimate of drug-likeness (QED) is 0.827. The minimum absolute atomic E-state index is 0.298. The fourth-order valence-corrected chi connectivity index (χ4v) is 2.36. The van der Waals surface area contributed by atoms with Gasteiger partial charge in [0, 0.05) is 0 Å². The Balaban J connectivity index is 2.21. The molecule has 1 aromatic heterocycles. The first-order valence-electron chi connectivity index (χ1n) is 6.01. The summed E-state index contributed by atoms with van der Waals surface area (Å²) in [5, 5.41) is 8.03. The van der Waals surface area contributed by atoms with Gasteiger partial charge >= 0.3 is 0 Å². The van der Waals surface area contributed by atoms with Gasteiger partial charge < -0.3 is 5.73 Å². The smallest absolute Gasteiger partial charge is 0.240 e. The fourth-order valence-electron chi connectivity index (χ4n) is 2.36. The van der Waals surface area contributed by atoms with Gasteiger partial charge in [0.05, 0.1) is 11.4 Å². The number of rotatable bonds is 2. The number of aromatic nitrogens is 3. The molecular weight excluding hydrogens is 200 g/mol. The molecular formula is C12H20N4. The van der Waals surface area contributed by atoms with E-state index in [2.05, 4.69) is 36.0 Å². The van der Waals surface area contributed by atoms with E-state index in [-0.39, 0.29) is 0 Å². The monoisotopic (exact) mass is 220 g/mol. The number of aryl methyl sites for hydroxylation is 1. The summed E-state index contributed by atoms with van der Waals surface area (Å²) < 4.78 is 0. The zero-order valence-electron chi connectivity index (χ0n) is 10.3. The SMILES string of the molecule is CCC(C)(C)C1CCc2nc(N)nnc2C1. The van der Waals surface area contributed by atoms with Gasteiger partial charge in [0.1, 0.15) is 0 Å². The molecule has 4 nitrogen and oxygen atoms in total. The van der Waals surface area contributed by atoms with Crippen molar-refractivity contribution >= 4 is 5.95 Å². The van der Waals surface area contributed by atoms with Gasteiger partial charge in [0.25, 0.3) is 0 Å². The van der Waals surface area contributed by atoms with Crippen LogP contribution in [0.2, 0.25) is 0 Å². The highest BCUT2D eigenvalue weighted by Crippen LogP contribution is 2.38. The Morgan fingerprint density at radius 2 is 2.06 bits per heavy atom. The summed E-state index contributed by atoms with van der Waals surface area (Å²) >= 11 is 0. The first-order valence-corrected chi connectivity index (χ1v) is 6.01. The van der Waals surface area contributed by atoms with E-state index in [0.717, 1.165) is 24.2 Å². The van der Waals surface area contributed by atoms with Crippen LogP contribution >= 0.6 is 0 Å². The molecule has 1 aliphatic rings. The van der Waals surface area contributed by atoms with Crippen LogP contribution in [-0.4, -0.2) is 15.2 Å². The number of nitrogens with two attached hydrogens (primary N) is 1. The van der Waals surface area contributed by atoms with E-state index in [9.17, 15) is 0 Å².